The van der Waals surface area contributed by atoms with Gasteiger partial charge in [0.1, 0.15) is 12.3 Å². The van der Waals surface area contributed by atoms with Gasteiger partial charge in [0.25, 0.3) is 0 Å². The molecular formula is C26H39NO5. The number of carbonyl (C=O) groups excluding carboxylic acids is 1. The van der Waals surface area contributed by atoms with Crippen molar-refractivity contribution in [1.29, 1.82) is 0 Å². The summed E-state index contributed by atoms with van der Waals surface area (Å²) in [6.07, 6.45) is 5.33. The number of ether oxygens (including phenoxy) is 2. The average molecular weight is 446 g/mol. The number of benzene rings is 1. The molecule has 1 aliphatic carbocycles. The Hall–Kier alpha value is -2.08. The first-order chi connectivity index (χ1) is 15.1. The third-order valence-electron chi connectivity index (χ3n) is 7.32. The maximum Gasteiger partial charge on any atom is 0.412 e. The SMILES string of the molecule is CC(C)[C@H](C(=O)O)[C@@]1(CC2CCCCC2)[C@H](C)OC(C)(C)N1C(=O)OCc1ccccc1. The molecule has 3 rings (SSSR count). The van der Waals surface area contributed by atoms with Crippen molar-refractivity contribution in [3.8, 4) is 0 Å². The molecule has 2 aliphatic rings. The minimum Gasteiger partial charge on any atom is -0.481 e. The van der Waals surface area contributed by atoms with Gasteiger partial charge in [0.05, 0.1) is 17.6 Å². The van der Waals surface area contributed by atoms with Crippen molar-refractivity contribution < 1.29 is 24.2 Å². The molecule has 1 aliphatic heterocycles. The summed E-state index contributed by atoms with van der Waals surface area (Å²) in [7, 11) is 0. The molecule has 6 heteroatoms. The van der Waals surface area contributed by atoms with Gasteiger partial charge in [-0.25, -0.2) is 4.79 Å². The van der Waals surface area contributed by atoms with Crippen LogP contribution in [0.5, 0.6) is 0 Å². The second kappa shape index (κ2) is 9.82. The largest absolute Gasteiger partial charge is 0.481 e. The van der Waals surface area contributed by atoms with E-state index in [1.165, 1.54) is 6.42 Å². The van der Waals surface area contributed by atoms with E-state index in [9.17, 15) is 14.7 Å². The summed E-state index contributed by atoms with van der Waals surface area (Å²) in [6.45, 7) is 9.59. The van der Waals surface area contributed by atoms with E-state index in [1.807, 2.05) is 65.0 Å². The van der Waals surface area contributed by atoms with Gasteiger partial charge in [-0.05, 0) is 44.6 Å². The predicted octanol–water partition coefficient (Wildman–Crippen LogP) is 5.85. The van der Waals surface area contributed by atoms with Crippen LogP contribution in [0.15, 0.2) is 30.3 Å². The molecule has 0 bridgehead atoms. The summed E-state index contributed by atoms with van der Waals surface area (Å²) in [5.41, 5.74) is -1.05. The minimum atomic E-state index is -0.973. The highest BCUT2D eigenvalue weighted by molar-refractivity contribution is 5.76. The van der Waals surface area contributed by atoms with Crippen LogP contribution in [0.1, 0.15) is 78.7 Å². The third-order valence-corrected chi connectivity index (χ3v) is 7.32. The van der Waals surface area contributed by atoms with Gasteiger partial charge in [0.15, 0.2) is 0 Å². The lowest BCUT2D eigenvalue weighted by atomic mass is 9.66. The first kappa shape index (κ1) is 24.6. The molecule has 6 nitrogen and oxygen atoms in total. The van der Waals surface area contributed by atoms with Crippen molar-refractivity contribution in [2.45, 2.75) is 97.1 Å². The van der Waals surface area contributed by atoms with Gasteiger partial charge in [0.2, 0.25) is 0 Å². The number of aliphatic carboxylic acids is 1. The molecule has 32 heavy (non-hydrogen) atoms. The summed E-state index contributed by atoms with van der Waals surface area (Å²) in [5.74, 6) is -1.44. The first-order valence-electron chi connectivity index (χ1n) is 12.0. The topological polar surface area (TPSA) is 76.1 Å². The van der Waals surface area contributed by atoms with E-state index >= 15 is 0 Å². The number of amides is 1. The average Bonchev–Trinajstić information content (AvgIpc) is 2.92. The number of nitrogens with zero attached hydrogens (tertiary/aromatic N) is 1. The Kier molecular flexibility index (Phi) is 7.53. The van der Waals surface area contributed by atoms with Crippen LogP contribution in [-0.4, -0.2) is 39.4 Å². The Morgan fingerprint density at radius 2 is 1.78 bits per heavy atom. The van der Waals surface area contributed by atoms with E-state index in [-0.39, 0.29) is 12.5 Å². The number of hydrogen-bond donors (Lipinski definition) is 1. The maximum absolute atomic E-state index is 13.6. The monoisotopic (exact) mass is 445 g/mol. The van der Waals surface area contributed by atoms with Gasteiger partial charge in [-0.3, -0.25) is 9.69 Å². The van der Waals surface area contributed by atoms with E-state index in [1.54, 1.807) is 4.90 Å². The Morgan fingerprint density at radius 1 is 1.16 bits per heavy atom. The molecule has 1 aromatic rings. The Labute approximate surface area is 192 Å². The van der Waals surface area contributed by atoms with Gasteiger partial charge in [-0.15, -0.1) is 0 Å². The highest BCUT2D eigenvalue weighted by atomic mass is 16.6. The fourth-order valence-corrected chi connectivity index (χ4v) is 6.15. The highest BCUT2D eigenvalue weighted by Gasteiger charge is 2.65. The van der Waals surface area contributed by atoms with Gasteiger partial charge < -0.3 is 14.6 Å². The summed E-state index contributed by atoms with van der Waals surface area (Å²) < 4.78 is 12.1. The lowest BCUT2D eigenvalue weighted by Gasteiger charge is -2.48. The first-order valence-corrected chi connectivity index (χ1v) is 12.0. The van der Waals surface area contributed by atoms with Crippen molar-refractivity contribution in [2.24, 2.45) is 17.8 Å². The van der Waals surface area contributed by atoms with Crippen LogP contribution in [-0.2, 0) is 20.9 Å². The van der Waals surface area contributed by atoms with Crippen LogP contribution in [0.2, 0.25) is 0 Å². The van der Waals surface area contributed by atoms with E-state index in [0.717, 1.165) is 31.2 Å². The Balaban J connectivity index is 2.01. The molecule has 1 heterocycles. The molecule has 0 spiro atoms. The van der Waals surface area contributed by atoms with Crippen molar-refractivity contribution in [2.75, 3.05) is 0 Å². The van der Waals surface area contributed by atoms with Crippen molar-refractivity contribution in [3.05, 3.63) is 35.9 Å². The van der Waals surface area contributed by atoms with Gasteiger partial charge in [-0.1, -0.05) is 76.3 Å². The highest BCUT2D eigenvalue weighted by Crippen LogP contribution is 2.51. The van der Waals surface area contributed by atoms with E-state index in [2.05, 4.69) is 0 Å². The Bertz CT molecular complexity index is 787. The van der Waals surface area contributed by atoms with Crippen LogP contribution in [0, 0.1) is 17.8 Å². The van der Waals surface area contributed by atoms with Crippen molar-refractivity contribution in [3.63, 3.8) is 0 Å². The Morgan fingerprint density at radius 3 is 2.34 bits per heavy atom. The lowest BCUT2D eigenvalue weighted by Crippen LogP contribution is -2.64. The predicted molar refractivity (Wildman–Crippen MR) is 123 cm³/mol. The molecule has 1 saturated heterocycles. The molecule has 1 saturated carbocycles. The van der Waals surface area contributed by atoms with Crippen LogP contribution in [0.4, 0.5) is 4.79 Å². The summed E-state index contributed by atoms with van der Waals surface area (Å²) >= 11 is 0. The number of rotatable bonds is 7. The number of carboxylic acids is 1. The molecule has 2 fully saturated rings. The molecule has 1 aromatic carbocycles. The molecule has 0 aromatic heterocycles. The summed E-state index contributed by atoms with van der Waals surface area (Å²) in [5, 5.41) is 10.4. The maximum atomic E-state index is 13.6. The fourth-order valence-electron chi connectivity index (χ4n) is 6.15. The van der Waals surface area contributed by atoms with Crippen LogP contribution < -0.4 is 0 Å². The zero-order chi connectivity index (χ0) is 23.5. The molecule has 1 amide bonds. The molecular weight excluding hydrogens is 406 g/mol. The molecule has 178 valence electrons. The van der Waals surface area contributed by atoms with E-state index in [4.69, 9.17) is 9.47 Å². The number of carboxylic acid groups (broad SMARTS) is 1. The van der Waals surface area contributed by atoms with Crippen LogP contribution in [0.25, 0.3) is 0 Å². The lowest BCUT2D eigenvalue weighted by molar-refractivity contribution is -0.151. The zero-order valence-corrected chi connectivity index (χ0v) is 20.2. The molecule has 0 unspecified atom stereocenters. The standard InChI is InChI=1S/C26H39NO5/c1-18(2)22(23(28)29)26(16-20-12-8-6-9-13-20)19(3)32-25(4,5)27(26)24(30)31-17-21-14-10-7-11-15-21/h7,10-11,14-15,18-20,22H,6,8-9,12-13,16-17H2,1-5H3,(H,28,29)/t19-,22+,26+/m0/s1. The minimum absolute atomic E-state index is 0.138. The quantitative estimate of drug-likeness (QED) is 0.570. The van der Waals surface area contributed by atoms with Crippen molar-refractivity contribution >= 4 is 12.1 Å². The smallest absolute Gasteiger partial charge is 0.412 e. The van der Waals surface area contributed by atoms with Gasteiger partial charge in [0, 0.05) is 0 Å². The molecule has 0 radical (unpaired) electrons. The normalized spacial score (nSPS) is 26.8. The van der Waals surface area contributed by atoms with Gasteiger partial charge in [-0.2, -0.15) is 0 Å². The second-order valence-corrected chi connectivity index (χ2v) is 10.3. The second-order valence-electron chi connectivity index (χ2n) is 10.3. The van der Waals surface area contributed by atoms with Crippen LogP contribution in [0.3, 0.4) is 0 Å². The molecule has 3 atom stereocenters. The van der Waals surface area contributed by atoms with Crippen molar-refractivity contribution in [1.82, 2.24) is 4.90 Å². The number of carbonyl (C=O) groups is 2. The van der Waals surface area contributed by atoms with Gasteiger partial charge >= 0.3 is 12.1 Å². The summed E-state index contributed by atoms with van der Waals surface area (Å²) in [6, 6.07) is 9.54. The fraction of sp³-hybridized carbons (Fsp3) is 0.692. The van der Waals surface area contributed by atoms with E-state index in [0.29, 0.717) is 12.3 Å². The molecule has 1 N–H and O–H groups in total. The van der Waals surface area contributed by atoms with Crippen LogP contribution >= 0.6 is 0 Å². The zero-order valence-electron chi connectivity index (χ0n) is 20.2. The summed E-state index contributed by atoms with van der Waals surface area (Å²) in [4.78, 5) is 27.9. The number of hydrogen-bond acceptors (Lipinski definition) is 4. The van der Waals surface area contributed by atoms with E-state index < -0.39 is 35.3 Å². The third kappa shape index (κ3) is 4.80.